The van der Waals surface area contributed by atoms with Crippen molar-refractivity contribution in [1.29, 1.82) is 0 Å². The van der Waals surface area contributed by atoms with Crippen LogP contribution in [-0.2, 0) is 18.9 Å². The van der Waals surface area contributed by atoms with Gasteiger partial charge in [-0.15, -0.1) is 0 Å². The standard InChI is InChI=1S/C12H15FN2O6/c1-3-18-12-20-7-5(2)19-10(8(7)21-12)15-4-6(13)9(16)14-11(15)17/h4-5,7-8,10,12H,3H2,1-2H3,(H,14,16,17)/t5-,7-,8-,10-,12?/m1/s1. The smallest absolute Gasteiger partial charge is 0.330 e. The SMILES string of the molecule is CCOC1O[C@@H]2[C@H](O1)[C@@H](C)O[C@H]2n1cc(F)c(=O)[nH]c1=O. The van der Waals surface area contributed by atoms with E-state index in [1.54, 1.807) is 13.8 Å². The highest BCUT2D eigenvalue weighted by molar-refractivity contribution is 4.96. The second kappa shape index (κ2) is 5.34. The molecular weight excluding hydrogens is 287 g/mol. The van der Waals surface area contributed by atoms with Crippen LogP contribution in [0.4, 0.5) is 4.39 Å². The average Bonchev–Trinajstić information content (AvgIpc) is 2.96. The molecule has 3 heterocycles. The number of aromatic nitrogens is 2. The lowest BCUT2D eigenvalue weighted by atomic mass is 10.1. The van der Waals surface area contributed by atoms with Gasteiger partial charge in [0.2, 0.25) is 5.82 Å². The highest BCUT2D eigenvalue weighted by atomic mass is 19.1. The second-order valence-electron chi connectivity index (χ2n) is 4.82. The van der Waals surface area contributed by atoms with E-state index in [1.165, 1.54) is 0 Å². The maximum atomic E-state index is 13.4. The molecule has 1 N–H and O–H groups in total. The highest BCUT2D eigenvalue weighted by Gasteiger charge is 2.52. The van der Waals surface area contributed by atoms with Gasteiger partial charge in [0.05, 0.1) is 12.3 Å². The van der Waals surface area contributed by atoms with Crippen molar-refractivity contribution >= 4 is 0 Å². The molecule has 2 aliphatic heterocycles. The van der Waals surface area contributed by atoms with Crippen molar-refractivity contribution in [2.45, 2.75) is 44.9 Å². The fraction of sp³-hybridized carbons (Fsp3) is 0.667. The van der Waals surface area contributed by atoms with Crippen LogP contribution >= 0.6 is 0 Å². The number of ether oxygens (including phenoxy) is 4. The molecule has 5 atom stereocenters. The molecule has 2 aliphatic rings. The van der Waals surface area contributed by atoms with Crippen molar-refractivity contribution in [2.24, 2.45) is 0 Å². The van der Waals surface area contributed by atoms with Gasteiger partial charge in [-0.2, -0.15) is 4.39 Å². The average molecular weight is 302 g/mol. The largest absolute Gasteiger partial charge is 0.349 e. The summed E-state index contributed by atoms with van der Waals surface area (Å²) in [5.74, 6) is -1.07. The van der Waals surface area contributed by atoms with Gasteiger partial charge in [0.15, 0.2) is 6.23 Å². The first-order valence-corrected chi connectivity index (χ1v) is 6.60. The van der Waals surface area contributed by atoms with Crippen molar-refractivity contribution in [1.82, 2.24) is 9.55 Å². The van der Waals surface area contributed by atoms with Gasteiger partial charge < -0.3 is 18.9 Å². The fourth-order valence-corrected chi connectivity index (χ4v) is 2.51. The van der Waals surface area contributed by atoms with Crippen LogP contribution in [0.2, 0.25) is 0 Å². The van der Waals surface area contributed by atoms with E-state index in [1.807, 2.05) is 4.98 Å². The molecule has 8 nitrogen and oxygen atoms in total. The predicted octanol–water partition coefficient (Wildman–Crippen LogP) is -0.303. The molecule has 0 amide bonds. The summed E-state index contributed by atoms with van der Waals surface area (Å²) < 4.78 is 36.2. The van der Waals surface area contributed by atoms with Gasteiger partial charge in [0.1, 0.15) is 12.2 Å². The van der Waals surface area contributed by atoms with Gasteiger partial charge in [0.25, 0.3) is 12.0 Å². The van der Waals surface area contributed by atoms with E-state index in [9.17, 15) is 14.0 Å². The van der Waals surface area contributed by atoms with Gasteiger partial charge in [0, 0.05) is 6.61 Å². The summed E-state index contributed by atoms with van der Waals surface area (Å²) in [4.78, 5) is 24.8. The number of aromatic amines is 1. The molecular formula is C12H15FN2O6. The molecule has 0 saturated carbocycles. The lowest BCUT2D eigenvalue weighted by Crippen LogP contribution is -2.38. The number of hydrogen-bond acceptors (Lipinski definition) is 6. The minimum atomic E-state index is -1.07. The minimum absolute atomic E-state index is 0.368. The van der Waals surface area contributed by atoms with E-state index >= 15 is 0 Å². The molecule has 1 unspecified atom stereocenters. The Balaban J connectivity index is 1.91. The first-order valence-electron chi connectivity index (χ1n) is 6.60. The number of hydrogen-bond donors (Lipinski definition) is 1. The number of rotatable bonds is 3. The number of H-pyrrole nitrogens is 1. The zero-order valence-electron chi connectivity index (χ0n) is 11.4. The summed E-state index contributed by atoms with van der Waals surface area (Å²) in [5, 5.41) is 0. The Morgan fingerprint density at radius 3 is 2.76 bits per heavy atom. The van der Waals surface area contributed by atoms with E-state index in [2.05, 4.69) is 0 Å². The van der Waals surface area contributed by atoms with Crippen molar-refractivity contribution < 1.29 is 23.3 Å². The summed E-state index contributed by atoms with van der Waals surface area (Å²) in [5.41, 5.74) is -1.85. The lowest BCUT2D eigenvalue weighted by Gasteiger charge is -2.20. The molecule has 9 heteroatoms. The molecule has 0 aromatic carbocycles. The maximum Gasteiger partial charge on any atom is 0.330 e. The van der Waals surface area contributed by atoms with Crippen LogP contribution in [0.1, 0.15) is 20.1 Å². The maximum absolute atomic E-state index is 13.4. The monoisotopic (exact) mass is 302 g/mol. The molecule has 0 aliphatic carbocycles. The molecule has 1 aromatic heterocycles. The topological polar surface area (TPSA) is 91.8 Å². The number of halogens is 1. The van der Waals surface area contributed by atoms with Crippen molar-refractivity contribution in [3.05, 3.63) is 32.9 Å². The Hall–Kier alpha value is -1.55. The van der Waals surface area contributed by atoms with Crippen LogP contribution in [-0.4, -0.2) is 40.9 Å². The third-order valence-corrected chi connectivity index (χ3v) is 3.46. The highest BCUT2D eigenvalue weighted by Crippen LogP contribution is 2.38. The number of nitrogens with one attached hydrogen (secondary N) is 1. The summed E-state index contributed by atoms with van der Waals surface area (Å²) in [7, 11) is 0. The number of fused-ring (bicyclic) bond motifs is 1. The van der Waals surface area contributed by atoms with Gasteiger partial charge in [-0.05, 0) is 13.8 Å². The summed E-state index contributed by atoms with van der Waals surface area (Å²) in [6.07, 6.45) is -1.52. The Labute approximate surface area is 118 Å². The summed E-state index contributed by atoms with van der Waals surface area (Å²) in [6.45, 7) is 3.10. The zero-order valence-corrected chi connectivity index (χ0v) is 11.4. The zero-order chi connectivity index (χ0) is 15.1. The fourth-order valence-electron chi connectivity index (χ4n) is 2.51. The number of nitrogens with zero attached hydrogens (tertiary/aromatic N) is 1. The van der Waals surface area contributed by atoms with Gasteiger partial charge in [-0.3, -0.25) is 14.3 Å². The molecule has 3 rings (SSSR count). The Morgan fingerprint density at radius 1 is 1.33 bits per heavy atom. The first-order chi connectivity index (χ1) is 10.0. The third kappa shape index (κ3) is 2.42. The first kappa shape index (κ1) is 14.4. The van der Waals surface area contributed by atoms with Crippen LogP contribution in [0, 0.1) is 5.82 Å². The van der Waals surface area contributed by atoms with Crippen LogP contribution in [0.5, 0.6) is 0 Å². The molecule has 21 heavy (non-hydrogen) atoms. The summed E-state index contributed by atoms with van der Waals surface area (Å²) in [6, 6.07) is 0. The molecule has 0 spiro atoms. The van der Waals surface area contributed by atoms with Crippen LogP contribution < -0.4 is 11.2 Å². The molecule has 0 radical (unpaired) electrons. The Bertz CT molecular complexity index is 643. The molecule has 2 fully saturated rings. The van der Waals surface area contributed by atoms with E-state index in [0.717, 1.165) is 10.8 Å². The lowest BCUT2D eigenvalue weighted by molar-refractivity contribution is -0.264. The quantitative estimate of drug-likeness (QED) is 0.824. The van der Waals surface area contributed by atoms with Gasteiger partial charge in [-0.1, -0.05) is 0 Å². The second-order valence-corrected chi connectivity index (χ2v) is 4.82. The van der Waals surface area contributed by atoms with Crippen LogP contribution in [0.15, 0.2) is 15.8 Å². The minimum Gasteiger partial charge on any atom is -0.349 e. The normalized spacial score (nSPS) is 35.1. The predicted molar refractivity (Wildman–Crippen MR) is 66.0 cm³/mol. The van der Waals surface area contributed by atoms with Crippen molar-refractivity contribution in [3.63, 3.8) is 0 Å². The Kier molecular flexibility index (Phi) is 3.66. The molecule has 1 aromatic rings. The van der Waals surface area contributed by atoms with Crippen LogP contribution in [0.25, 0.3) is 0 Å². The molecule has 0 bridgehead atoms. The summed E-state index contributed by atoms with van der Waals surface area (Å²) >= 11 is 0. The van der Waals surface area contributed by atoms with Crippen molar-refractivity contribution in [3.8, 4) is 0 Å². The van der Waals surface area contributed by atoms with E-state index in [4.69, 9.17) is 18.9 Å². The third-order valence-electron chi connectivity index (χ3n) is 3.46. The van der Waals surface area contributed by atoms with E-state index < -0.39 is 42.0 Å². The van der Waals surface area contributed by atoms with E-state index in [0.29, 0.717) is 6.61 Å². The van der Waals surface area contributed by atoms with Gasteiger partial charge >= 0.3 is 5.69 Å². The van der Waals surface area contributed by atoms with E-state index in [-0.39, 0.29) is 6.10 Å². The Morgan fingerprint density at radius 2 is 2.05 bits per heavy atom. The van der Waals surface area contributed by atoms with Crippen LogP contribution in [0.3, 0.4) is 0 Å². The molecule has 116 valence electrons. The van der Waals surface area contributed by atoms with Gasteiger partial charge in [-0.25, -0.2) is 4.79 Å². The molecule has 2 saturated heterocycles. The van der Waals surface area contributed by atoms with Crippen molar-refractivity contribution in [2.75, 3.05) is 6.61 Å².